The summed E-state index contributed by atoms with van der Waals surface area (Å²) in [7, 11) is 0. The van der Waals surface area contributed by atoms with Crippen molar-refractivity contribution in [2.75, 3.05) is 26.2 Å². The van der Waals surface area contributed by atoms with Gasteiger partial charge < -0.3 is 15.3 Å². The minimum absolute atomic E-state index is 0.207. The highest BCUT2D eigenvalue weighted by Crippen LogP contribution is 2.59. The Morgan fingerprint density at radius 2 is 1.75 bits per heavy atom. The molecule has 3 fully saturated rings. The predicted octanol–water partition coefficient (Wildman–Crippen LogP) is 1.09. The highest BCUT2D eigenvalue weighted by Gasteiger charge is 2.58. The zero-order valence-corrected chi connectivity index (χ0v) is 12.2. The summed E-state index contributed by atoms with van der Waals surface area (Å²) in [5.74, 6) is -0.246. The van der Waals surface area contributed by atoms with Crippen molar-refractivity contribution in [3.63, 3.8) is 0 Å². The summed E-state index contributed by atoms with van der Waals surface area (Å²) in [6, 6.07) is 0. The molecule has 1 unspecified atom stereocenters. The normalized spacial score (nSPS) is 31.1. The maximum Gasteiger partial charge on any atom is 0.309 e. The third-order valence-electron chi connectivity index (χ3n) is 5.78. The largest absolute Gasteiger partial charge is 0.481 e. The molecule has 3 aliphatic rings. The number of carbonyl (C=O) groups is 2. The summed E-state index contributed by atoms with van der Waals surface area (Å²) < 4.78 is 0. The second kappa shape index (κ2) is 4.72. The van der Waals surface area contributed by atoms with Crippen LogP contribution in [0.4, 0.5) is 0 Å². The van der Waals surface area contributed by atoms with Gasteiger partial charge in [-0.05, 0) is 57.5 Å². The maximum absolute atomic E-state index is 12.6. The van der Waals surface area contributed by atoms with Crippen molar-refractivity contribution in [1.82, 2.24) is 10.2 Å². The van der Waals surface area contributed by atoms with Gasteiger partial charge in [-0.15, -0.1) is 0 Å². The monoisotopic (exact) mass is 280 g/mol. The van der Waals surface area contributed by atoms with Crippen molar-refractivity contribution < 1.29 is 14.7 Å². The Hall–Kier alpha value is -1.10. The molecule has 1 saturated carbocycles. The van der Waals surface area contributed by atoms with Crippen LogP contribution in [0, 0.1) is 16.7 Å². The van der Waals surface area contributed by atoms with E-state index in [1.165, 1.54) is 0 Å². The highest BCUT2D eigenvalue weighted by molar-refractivity contribution is 5.83. The molecule has 2 aliphatic heterocycles. The SMILES string of the molecule is CC1(C(=O)O)CCN(C(=O)C2CC23CCNCC3)CC1. The third-order valence-corrected chi connectivity index (χ3v) is 5.78. The van der Waals surface area contributed by atoms with Gasteiger partial charge in [0.1, 0.15) is 0 Å². The van der Waals surface area contributed by atoms with Gasteiger partial charge in [0, 0.05) is 19.0 Å². The summed E-state index contributed by atoms with van der Waals surface area (Å²) in [5.41, 5.74) is -0.372. The molecular weight excluding hydrogens is 256 g/mol. The van der Waals surface area contributed by atoms with Gasteiger partial charge in [0.2, 0.25) is 5.91 Å². The van der Waals surface area contributed by atoms with E-state index in [-0.39, 0.29) is 17.2 Å². The minimum atomic E-state index is -0.731. The lowest BCUT2D eigenvalue weighted by molar-refractivity contribution is -0.153. The van der Waals surface area contributed by atoms with Crippen LogP contribution >= 0.6 is 0 Å². The van der Waals surface area contributed by atoms with Crippen LogP contribution in [-0.2, 0) is 9.59 Å². The zero-order chi connectivity index (χ0) is 14.4. The average molecular weight is 280 g/mol. The Morgan fingerprint density at radius 1 is 1.15 bits per heavy atom. The van der Waals surface area contributed by atoms with Crippen LogP contribution in [0.15, 0.2) is 0 Å². The van der Waals surface area contributed by atoms with E-state index in [0.29, 0.717) is 25.9 Å². The molecule has 0 aromatic carbocycles. The van der Waals surface area contributed by atoms with Crippen LogP contribution in [0.5, 0.6) is 0 Å². The minimum Gasteiger partial charge on any atom is -0.481 e. The number of likely N-dealkylation sites (tertiary alicyclic amines) is 1. The molecular formula is C15H24N2O3. The lowest BCUT2D eigenvalue weighted by Gasteiger charge is -2.37. The van der Waals surface area contributed by atoms with Gasteiger partial charge in [-0.2, -0.15) is 0 Å². The van der Waals surface area contributed by atoms with Gasteiger partial charge in [0.15, 0.2) is 0 Å². The van der Waals surface area contributed by atoms with E-state index < -0.39 is 11.4 Å². The van der Waals surface area contributed by atoms with E-state index >= 15 is 0 Å². The Bertz CT molecular complexity index is 421. The first kappa shape index (κ1) is 13.9. The van der Waals surface area contributed by atoms with Gasteiger partial charge in [-0.25, -0.2) is 0 Å². The van der Waals surface area contributed by atoms with Gasteiger partial charge in [-0.3, -0.25) is 9.59 Å². The number of hydrogen-bond acceptors (Lipinski definition) is 3. The molecule has 2 saturated heterocycles. The lowest BCUT2D eigenvalue weighted by atomic mass is 9.80. The number of rotatable bonds is 2. The molecule has 2 N–H and O–H groups in total. The molecule has 3 rings (SSSR count). The van der Waals surface area contributed by atoms with Crippen molar-refractivity contribution in [3.05, 3.63) is 0 Å². The molecule has 2 heterocycles. The Kier molecular flexibility index (Phi) is 3.27. The highest BCUT2D eigenvalue weighted by atomic mass is 16.4. The third kappa shape index (κ3) is 2.22. The molecule has 20 heavy (non-hydrogen) atoms. The van der Waals surface area contributed by atoms with Gasteiger partial charge in [-0.1, -0.05) is 0 Å². The van der Waals surface area contributed by atoms with Crippen LogP contribution in [0.1, 0.15) is 39.0 Å². The lowest BCUT2D eigenvalue weighted by Crippen LogP contribution is -2.46. The fourth-order valence-electron chi connectivity index (χ4n) is 3.83. The topological polar surface area (TPSA) is 69.6 Å². The van der Waals surface area contributed by atoms with Crippen LogP contribution in [0.25, 0.3) is 0 Å². The first-order valence-electron chi connectivity index (χ1n) is 7.70. The molecule has 112 valence electrons. The first-order valence-corrected chi connectivity index (χ1v) is 7.70. The molecule has 0 aromatic heterocycles. The fraction of sp³-hybridized carbons (Fsp3) is 0.867. The molecule has 1 amide bonds. The number of amides is 1. The van der Waals surface area contributed by atoms with E-state index in [9.17, 15) is 14.7 Å². The molecule has 1 spiro atoms. The van der Waals surface area contributed by atoms with Crippen molar-refractivity contribution in [3.8, 4) is 0 Å². The number of aliphatic carboxylic acids is 1. The molecule has 0 bridgehead atoms. The van der Waals surface area contributed by atoms with E-state index in [4.69, 9.17) is 0 Å². The zero-order valence-electron chi connectivity index (χ0n) is 12.2. The molecule has 0 aromatic rings. The standard InChI is InChI=1S/C15H24N2O3/c1-14(13(19)20)4-8-17(9-5-14)12(18)11-10-15(11)2-6-16-7-3-15/h11,16H,2-10H2,1H3,(H,19,20). The second-order valence-corrected chi connectivity index (χ2v) is 7.06. The molecule has 5 nitrogen and oxygen atoms in total. The molecule has 0 radical (unpaired) electrons. The summed E-state index contributed by atoms with van der Waals surface area (Å²) in [4.78, 5) is 25.7. The molecule has 1 atom stereocenters. The van der Waals surface area contributed by atoms with E-state index in [0.717, 1.165) is 32.4 Å². The van der Waals surface area contributed by atoms with Crippen LogP contribution in [-0.4, -0.2) is 48.1 Å². The number of carboxylic acid groups (broad SMARTS) is 1. The van der Waals surface area contributed by atoms with E-state index in [1.807, 2.05) is 4.90 Å². The Balaban J connectivity index is 1.57. The number of hydrogen-bond donors (Lipinski definition) is 2. The Labute approximate surface area is 119 Å². The van der Waals surface area contributed by atoms with Crippen molar-refractivity contribution in [2.45, 2.75) is 39.0 Å². The van der Waals surface area contributed by atoms with E-state index in [2.05, 4.69) is 5.32 Å². The van der Waals surface area contributed by atoms with Crippen molar-refractivity contribution >= 4 is 11.9 Å². The maximum atomic E-state index is 12.6. The van der Waals surface area contributed by atoms with Crippen molar-refractivity contribution in [1.29, 1.82) is 0 Å². The molecule has 5 heteroatoms. The Morgan fingerprint density at radius 3 is 2.30 bits per heavy atom. The van der Waals surface area contributed by atoms with Gasteiger partial charge in [0.25, 0.3) is 0 Å². The number of nitrogens with one attached hydrogen (secondary N) is 1. The van der Waals surface area contributed by atoms with Gasteiger partial charge >= 0.3 is 5.97 Å². The predicted molar refractivity (Wildman–Crippen MR) is 74.2 cm³/mol. The van der Waals surface area contributed by atoms with Crippen LogP contribution < -0.4 is 5.32 Å². The summed E-state index contributed by atoms with van der Waals surface area (Å²) in [6.45, 7) is 5.06. The van der Waals surface area contributed by atoms with Crippen LogP contribution in [0.3, 0.4) is 0 Å². The number of nitrogens with zero attached hydrogens (tertiary/aromatic N) is 1. The second-order valence-electron chi connectivity index (χ2n) is 7.06. The quantitative estimate of drug-likeness (QED) is 0.794. The van der Waals surface area contributed by atoms with Gasteiger partial charge in [0.05, 0.1) is 5.41 Å². The number of piperidine rings is 2. The number of carboxylic acids is 1. The smallest absolute Gasteiger partial charge is 0.309 e. The number of carbonyl (C=O) groups excluding carboxylic acids is 1. The van der Waals surface area contributed by atoms with Crippen LogP contribution in [0.2, 0.25) is 0 Å². The summed E-state index contributed by atoms with van der Waals surface area (Å²) in [6.07, 6.45) is 4.43. The molecule has 1 aliphatic carbocycles. The van der Waals surface area contributed by atoms with E-state index in [1.54, 1.807) is 6.92 Å². The summed E-state index contributed by atoms with van der Waals surface area (Å²) in [5, 5.41) is 12.6. The summed E-state index contributed by atoms with van der Waals surface area (Å²) >= 11 is 0. The fourth-order valence-corrected chi connectivity index (χ4v) is 3.83. The van der Waals surface area contributed by atoms with Crippen molar-refractivity contribution in [2.24, 2.45) is 16.7 Å². The first-order chi connectivity index (χ1) is 9.47. The average Bonchev–Trinajstić information content (AvgIpc) is 3.13.